The van der Waals surface area contributed by atoms with Crippen molar-refractivity contribution in [3.8, 4) is 0 Å². The topological polar surface area (TPSA) is 94.8 Å². The smallest absolute Gasteiger partial charge is 0.255 e. The molecule has 2 heterocycles. The van der Waals surface area contributed by atoms with Crippen LogP contribution in [0.4, 0.5) is 4.39 Å². The van der Waals surface area contributed by atoms with Crippen LogP contribution in [0.3, 0.4) is 0 Å². The molecule has 0 saturated heterocycles. The van der Waals surface area contributed by atoms with Crippen molar-refractivity contribution in [2.24, 2.45) is 0 Å². The maximum atomic E-state index is 13.6. The van der Waals surface area contributed by atoms with Crippen molar-refractivity contribution < 1.29 is 9.18 Å². The van der Waals surface area contributed by atoms with E-state index in [1.54, 1.807) is 30.5 Å². The van der Waals surface area contributed by atoms with Crippen molar-refractivity contribution in [1.29, 1.82) is 0 Å². The molecule has 0 atom stereocenters. The first-order valence-electron chi connectivity index (χ1n) is 8.23. The SMILES string of the molecule is O=C(NCc1c[nH]c(=O)c2ccccc12)c1cc(=O)[nH]c2ccc(F)cc12. The Morgan fingerprint density at radius 2 is 1.78 bits per heavy atom. The van der Waals surface area contributed by atoms with E-state index in [0.29, 0.717) is 16.3 Å². The number of amides is 1. The lowest BCUT2D eigenvalue weighted by atomic mass is 10.1. The number of H-pyrrole nitrogens is 2. The zero-order valence-electron chi connectivity index (χ0n) is 14.0. The molecule has 0 unspecified atom stereocenters. The molecule has 3 N–H and O–H groups in total. The van der Waals surface area contributed by atoms with Gasteiger partial charge in [-0.3, -0.25) is 14.4 Å². The molecule has 0 radical (unpaired) electrons. The summed E-state index contributed by atoms with van der Waals surface area (Å²) in [4.78, 5) is 41.6. The fourth-order valence-corrected chi connectivity index (χ4v) is 3.10. The normalized spacial score (nSPS) is 11.0. The molecule has 27 heavy (non-hydrogen) atoms. The number of nitrogens with one attached hydrogen (secondary N) is 3. The van der Waals surface area contributed by atoms with E-state index in [0.717, 1.165) is 17.0 Å². The summed E-state index contributed by atoms with van der Waals surface area (Å²) in [6.07, 6.45) is 1.54. The quantitative estimate of drug-likeness (QED) is 0.522. The molecule has 0 aliphatic heterocycles. The van der Waals surface area contributed by atoms with Crippen LogP contribution in [-0.4, -0.2) is 15.9 Å². The zero-order chi connectivity index (χ0) is 19.0. The summed E-state index contributed by atoms with van der Waals surface area (Å²) in [7, 11) is 0. The first-order chi connectivity index (χ1) is 13.0. The van der Waals surface area contributed by atoms with Gasteiger partial charge in [0.05, 0.1) is 5.56 Å². The number of fused-ring (bicyclic) bond motifs is 2. The van der Waals surface area contributed by atoms with Crippen molar-refractivity contribution in [3.05, 3.63) is 92.4 Å². The van der Waals surface area contributed by atoms with Crippen LogP contribution in [0.15, 0.2) is 64.3 Å². The fourth-order valence-electron chi connectivity index (χ4n) is 3.10. The average molecular weight is 363 g/mol. The average Bonchev–Trinajstić information content (AvgIpc) is 2.67. The van der Waals surface area contributed by atoms with E-state index in [1.807, 2.05) is 0 Å². The lowest BCUT2D eigenvalue weighted by molar-refractivity contribution is 0.0952. The van der Waals surface area contributed by atoms with Gasteiger partial charge in [0.25, 0.3) is 11.5 Å². The Labute approximate surface area is 151 Å². The molecule has 1 amide bonds. The Bertz CT molecular complexity index is 1310. The van der Waals surface area contributed by atoms with Gasteiger partial charge >= 0.3 is 0 Å². The summed E-state index contributed by atoms with van der Waals surface area (Å²) in [6.45, 7) is 0.139. The highest BCUT2D eigenvalue weighted by molar-refractivity contribution is 6.06. The fraction of sp³-hybridized carbons (Fsp3) is 0.0500. The van der Waals surface area contributed by atoms with Crippen molar-refractivity contribution >= 4 is 27.6 Å². The summed E-state index contributed by atoms with van der Waals surface area (Å²) in [5, 5.41) is 4.29. The van der Waals surface area contributed by atoms with E-state index in [2.05, 4.69) is 15.3 Å². The van der Waals surface area contributed by atoms with Crippen molar-refractivity contribution in [1.82, 2.24) is 15.3 Å². The second kappa shape index (κ2) is 6.53. The van der Waals surface area contributed by atoms with Gasteiger partial charge in [0.1, 0.15) is 5.82 Å². The molecule has 134 valence electrons. The first-order valence-corrected chi connectivity index (χ1v) is 8.23. The lowest BCUT2D eigenvalue weighted by Crippen LogP contribution is -2.25. The lowest BCUT2D eigenvalue weighted by Gasteiger charge is -2.10. The van der Waals surface area contributed by atoms with Gasteiger partial charge < -0.3 is 15.3 Å². The molecule has 0 saturated carbocycles. The second-order valence-corrected chi connectivity index (χ2v) is 6.11. The van der Waals surface area contributed by atoms with Gasteiger partial charge in [0.2, 0.25) is 5.56 Å². The van der Waals surface area contributed by atoms with E-state index in [9.17, 15) is 18.8 Å². The molecule has 4 rings (SSSR count). The molecule has 0 aliphatic carbocycles. The number of halogens is 1. The molecular weight excluding hydrogens is 349 g/mol. The third kappa shape index (κ3) is 3.10. The number of carbonyl (C=O) groups excluding carboxylic acids is 1. The summed E-state index contributed by atoms with van der Waals surface area (Å²) >= 11 is 0. The van der Waals surface area contributed by atoms with Crippen LogP contribution >= 0.6 is 0 Å². The van der Waals surface area contributed by atoms with Gasteiger partial charge in [-0.05, 0) is 35.2 Å². The van der Waals surface area contributed by atoms with Crippen molar-refractivity contribution in [2.75, 3.05) is 0 Å². The number of hydrogen-bond donors (Lipinski definition) is 3. The molecule has 0 fully saturated rings. The molecule has 2 aromatic carbocycles. The van der Waals surface area contributed by atoms with E-state index < -0.39 is 17.3 Å². The molecule has 0 aliphatic rings. The van der Waals surface area contributed by atoms with E-state index in [-0.39, 0.29) is 17.7 Å². The van der Waals surface area contributed by atoms with Crippen molar-refractivity contribution in [3.63, 3.8) is 0 Å². The predicted octanol–water partition coefficient (Wildman–Crippen LogP) is 2.44. The van der Waals surface area contributed by atoms with Gasteiger partial charge in [-0.15, -0.1) is 0 Å². The number of pyridine rings is 2. The van der Waals surface area contributed by atoms with Crippen LogP contribution in [0.1, 0.15) is 15.9 Å². The number of rotatable bonds is 3. The number of aromatic amines is 2. The molecule has 7 heteroatoms. The molecule has 6 nitrogen and oxygen atoms in total. The number of carbonyl (C=O) groups is 1. The van der Waals surface area contributed by atoms with Crippen LogP contribution < -0.4 is 16.4 Å². The van der Waals surface area contributed by atoms with Gasteiger partial charge in [0, 0.05) is 35.1 Å². The summed E-state index contributed by atoms with van der Waals surface area (Å²) < 4.78 is 13.6. The number of benzene rings is 2. The first kappa shape index (κ1) is 16.7. The Kier molecular flexibility index (Phi) is 4.04. The summed E-state index contributed by atoms with van der Waals surface area (Å²) in [5.74, 6) is -1.01. The Morgan fingerprint density at radius 1 is 1.00 bits per heavy atom. The third-order valence-electron chi connectivity index (χ3n) is 4.38. The molecule has 0 bridgehead atoms. The van der Waals surface area contributed by atoms with Crippen LogP contribution in [0.5, 0.6) is 0 Å². The molecule has 2 aromatic heterocycles. The van der Waals surface area contributed by atoms with Crippen LogP contribution in [-0.2, 0) is 6.54 Å². The Morgan fingerprint density at radius 3 is 2.59 bits per heavy atom. The van der Waals surface area contributed by atoms with Gasteiger partial charge in [-0.2, -0.15) is 0 Å². The third-order valence-corrected chi connectivity index (χ3v) is 4.38. The van der Waals surface area contributed by atoms with Crippen LogP contribution in [0.2, 0.25) is 0 Å². The highest BCUT2D eigenvalue weighted by Crippen LogP contribution is 2.18. The maximum Gasteiger partial charge on any atom is 0.255 e. The van der Waals surface area contributed by atoms with E-state index in [1.165, 1.54) is 18.2 Å². The minimum atomic E-state index is -0.507. The van der Waals surface area contributed by atoms with Gasteiger partial charge in [-0.25, -0.2) is 4.39 Å². The predicted molar refractivity (Wildman–Crippen MR) is 100 cm³/mol. The highest BCUT2D eigenvalue weighted by atomic mass is 19.1. The van der Waals surface area contributed by atoms with Crippen LogP contribution in [0.25, 0.3) is 21.7 Å². The zero-order valence-corrected chi connectivity index (χ0v) is 14.0. The van der Waals surface area contributed by atoms with Crippen molar-refractivity contribution in [2.45, 2.75) is 6.54 Å². The van der Waals surface area contributed by atoms with E-state index in [4.69, 9.17) is 0 Å². The van der Waals surface area contributed by atoms with Gasteiger partial charge in [0.15, 0.2) is 0 Å². The van der Waals surface area contributed by atoms with Gasteiger partial charge in [-0.1, -0.05) is 18.2 Å². The number of hydrogen-bond acceptors (Lipinski definition) is 3. The minimum Gasteiger partial charge on any atom is -0.348 e. The largest absolute Gasteiger partial charge is 0.348 e. The molecule has 0 spiro atoms. The highest BCUT2D eigenvalue weighted by Gasteiger charge is 2.13. The molecular formula is C20H14FN3O3. The maximum absolute atomic E-state index is 13.6. The van der Waals surface area contributed by atoms with E-state index >= 15 is 0 Å². The summed E-state index contributed by atoms with van der Waals surface area (Å²) in [6, 6.07) is 12.0. The Hall–Kier alpha value is -3.74. The standard InChI is InChI=1S/C20H14FN3O3/c21-12-5-6-17-15(7-12)16(8-18(25)24-17)20(27)23-10-11-9-22-19(26)14-4-2-1-3-13(11)14/h1-9H,10H2,(H,22,26)(H,23,27)(H,24,25). The van der Waals surface area contributed by atoms with Crippen LogP contribution in [0, 0.1) is 5.82 Å². The number of aromatic nitrogens is 2. The Balaban J connectivity index is 1.69. The monoisotopic (exact) mass is 363 g/mol. The minimum absolute atomic E-state index is 0.0852. The second-order valence-electron chi connectivity index (χ2n) is 6.11. The summed E-state index contributed by atoms with van der Waals surface area (Å²) in [5.41, 5.74) is 0.523. The molecule has 4 aromatic rings.